The van der Waals surface area contributed by atoms with E-state index in [9.17, 15) is 8.78 Å². The first-order valence-corrected chi connectivity index (χ1v) is 9.26. The lowest BCUT2D eigenvalue weighted by molar-refractivity contribution is -0.0512. The number of nitrogens with two attached hydrogens (primary N) is 1. The Morgan fingerprint density at radius 3 is 2.70 bits per heavy atom. The second-order valence-corrected chi connectivity index (χ2v) is 6.70. The molecule has 0 spiro atoms. The van der Waals surface area contributed by atoms with Crippen molar-refractivity contribution in [1.29, 1.82) is 0 Å². The Balaban J connectivity index is 1.59. The maximum absolute atomic E-state index is 12.5. The van der Waals surface area contributed by atoms with E-state index in [-0.39, 0.29) is 18.0 Å². The summed E-state index contributed by atoms with van der Waals surface area (Å²) in [5.41, 5.74) is 6.81. The van der Waals surface area contributed by atoms with Crippen molar-refractivity contribution in [2.45, 2.75) is 13.2 Å². The fourth-order valence-corrected chi connectivity index (χ4v) is 3.48. The van der Waals surface area contributed by atoms with Crippen molar-refractivity contribution in [3.05, 3.63) is 35.3 Å². The van der Waals surface area contributed by atoms with E-state index in [4.69, 9.17) is 10.5 Å². The van der Waals surface area contributed by atoms with Gasteiger partial charge in [-0.15, -0.1) is 11.3 Å². The molecule has 1 aliphatic rings. The van der Waals surface area contributed by atoms with E-state index in [0.717, 1.165) is 31.3 Å². The van der Waals surface area contributed by atoms with Gasteiger partial charge in [-0.1, -0.05) is 6.07 Å². The molecule has 0 radical (unpaired) electrons. The number of ether oxygens (including phenoxy) is 2. The first-order valence-electron chi connectivity index (χ1n) is 8.38. The Bertz CT molecular complexity index is 765. The van der Waals surface area contributed by atoms with Crippen molar-refractivity contribution in [3.8, 4) is 11.5 Å². The van der Waals surface area contributed by atoms with Crippen LogP contribution in [0.4, 0.5) is 13.9 Å². The molecule has 1 fully saturated rings. The fourth-order valence-electron chi connectivity index (χ4n) is 2.78. The number of aliphatic imine (C=N–C) groups is 1. The molecule has 2 heterocycles. The predicted molar refractivity (Wildman–Crippen MR) is 101 cm³/mol. The number of hydrogen-bond donors (Lipinski definition) is 1. The minimum Gasteiger partial charge on any atom is -0.493 e. The monoisotopic (exact) mass is 397 g/mol. The molecular weight excluding hydrogens is 376 g/mol. The van der Waals surface area contributed by atoms with Crippen molar-refractivity contribution in [1.82, 2.24) is 9.88 Å². The van der Waals surface area contributed by atoms with Crippen molar-refractivity contribution >= 4 is 22.4 Å². The van der Waals surface area contributed by atoms with Gasteiger partial charge >= 0.3 is 6.61 Å². The topological polar surface area (TPSA) is 76.2 Å². The summed E-state index contributed by atoms with van der Waals surface area (Å²) in [5.74, 6) is 0.658. The molecule has 2 aromatic rings. The highest BCUT2D eigenvalue weighted by molar-refractivity contribution is 7.13. The van der Waals surface area contributed by atoms with Crippen LogP contribution in [0.2, 0.25) is 0 Å². The number of alkyl halides is 2. The second-order valence-electron chi connectivity index (χ2n) is 5.83. The third-order valence-electron chi connectivity index (χ3n) is 4.16. The van der Waals surface area contributed by atoms with Gasteiger partial charge in [-0.2, -0.15) is 8.78 Å². The number of anilines is 1. The Labute approximate surface area is 160 Å². The van der Waals surface area contributed by atoms with Crippen LogP contribution < -0.4 is 20.1 Å². The molecule has 0 saturated carbocycles. The van der Waals surface area contributed by atoms with Crippen LogP contribution in [0.25, 0.3) is 0 Å². The number of aromatic nitrogens is 1. The summed E-state index contributed by atoms with van der Waals surface area (Å²) in [7, 11) is 1.40. The zero-order chi connectivity index (χ0) is 19.2. The van der Waals surface area contributed by atoms with Crippen LogP contribution in [0, 0.1) is 0 Å². The number of hydrogen-bond acceptors (Lipinski definition) is 6. The lowest BCUT2D eigenvalue weighted by atomic mass is 10.2. The summed E-state index contributed by atoms with van der Waals surface area (Å²) in [6.45, 7) is 0.477. The Morgan fingerprint density at radius 2 is 2.07 bits per heavy atom. The summed E-state index contributed by atoms with van der Waals surface area (Å²) in [6, 6.07) is 4.81. The molecule has 0 atom stereocenters. The van der Waals surface area contributed by atoms with E-state index in [1.165, 1.54) is 13.2 Å². The van der Waals surface area contributed by atoms with Gasteiger partial charge < -0.3 is 25.0 Å². The number of rotatable bonds is 6. The molecule has 0 aliphatic carbocycles. The zero-order valence-electron chi connectivity index (χ0n) is 14.8. The van der Waals surface area contributed by atoms with Crippen LogP contribution >= 0.6 is 11.3 Å². The van der Waals surface area contributed by atoms with Gasteiger partial charge in [-0.25, -0.2) is 9.98 Å². The molecule has 0 unspecified atom stereocenters. The molecule has 7 nitrogen and oxygen atoms in total. The van der Waals surface area contributed by atoms with Gasteiger partial charge in [0.1, 0.15) is 0 Å². The lowest BCUT2D eigenvalue weighted by Gasteiger charge is -2.35. The standard InChI is InChI=1S/C17H21F2N5O2S/c1-25-13-3-2-12(10-14(13)26-15(18)19)11-22-16(20)23-5-7-24(8-6-23)17-21-4-9-27-17/h2-4,9-10,15H,5-8,11H2,1H3,(H2,20,22). The van der Waals surface area contributed by atoms with E-state index in [1.807, 2.05) is 10.3 Å². The van der Waals surface area contributed by atoms with Gasteiger partial charge in [0.05, 0.1) is 13.7 Å². The first kappa shape index (κ1) is 19.2. The third kappa shape index (κ3) is 4.97. The minimum atomic E-state index is -2.92. The van der Waals surface area contributed by atoms with Crippen molar-refractivity contribution in [3.63, 3.8) is 0 Å². The summed E-state index contributed by atoms with van der Waals surface area (Å²) in [6.07, 6.45) is 1.79. The normalized spacial score (nSPS) is 15.3. The molecule has 3 rings (SSSR count). The van der Waals surface area contributed by atoms with E-state index in [0.29, 0.717) is 11.5 Å². The van der Waals surface area contributed by atoms with E-state index >= 15 is 0 Å². The highest BCUT2D eigenvalue weighted by Crippen LogP contribution is 2.29. The third-order valence-corrected chi connectivity index (χ3v) is 4.99. The van der Waals surface area contributed by atoms with Crippen molar-refractivity contribution < 1.29 is 18.3 Å². The number of piperazine rings is 1. The molecule has 1 aromatic carbocycles. The molecule has 146 valence electrons. The average Bonchev–Trinajstić information content (AvgIpc) is 3.21. The maximum atomic E-state index is 12.5. The number of methoxy groups -OCH3 is 1. The van der Waals surface area contributed by atoms with Crippen LogP contribution in [-0.2, 0) is 6.54 Å². The quantitative estimate of drug-likeness (QED) is 0.596. The SMILES string of the molecule is COc1ccc(CN=C(N)N2CCN(c3nccs3)CC2)cc1OC(F)F. The Kier molecular flexibility index (Phi) is 6.28. The average molecular weight is 397 g/mol. The Hall–Kier alpha value is -2.62. The number of benzene rings is 1. The van der Waals surface area contributed by atoms with Crippen LogP contribution in [0.1, 0.15) is 5.56 Å². The number of thiazole rings is 1. The van der Waals surface area contributed by atoms with Gasteiger partial charge in [-0.3, -0.25) is 0 Å². The first-order chi connectivity index (χ1) is 13.1. The molecule has 0 amide bonds. The Morgan fingerprint density at radius 1 is 1.30 bits per heavy atom. The lowest BCUT2D eigenvalue weighted by Crippen LogP contribution is -2.51. The minimum absolute atomic E-state index is 0.0177. The molecule has 1 aromatic heterocycles. The summed E-state index contributed by atoms with van der Waals surface area (Å²) >= 11 is 1.61. The molecule has 1 aliphatic heterocycles. The van der Waals surface area contributed by atoms with Gasteiger partial charge in [0.25, 0.3) is 0 Å². The van der Waals surface area contributed by atoms with Gasteiger partial charge in [0.15, 0.2) is 22.6 Å². The summed E-state index contributed by atoms with van der Waals surface area (Å²) in [5, 5.41) is 2.97. The van der Waals surface area contributed by atoms with E-state index in [1.54, 1.807) is 29.7 Å². The molecule has 1 saturated heterocycles. The van der Waals surface area contributed by atoms with Crippen LogP contribution in [-0.4, -0.2) is 55.7 Å². The van der Waals surface area contributed by atoms with E-state index < -0.39 is 6.61 Å². The van der Waals surface area contributed by atoms with Crippen molar-refractivity contribution in [2.75, 3.05) is 38.2 Å². The van der Waals surface area contributed by atoms with Crippen molar-refractivity contribution in [2.24, 2.45) is 10.7 Å². The predicted octanol–water partition coefficient (Wildman–Crippen LogP) is 2.39. The second kappa shape index (κ2) is 8.85. The van der Waals surface area contributed by atoms with Crippen LogP contribution in [0.15, 0.2) is 34.8 Å². The zero-order valence-corrected chi connectivity index (χ0v) is 15.7. The van der Waals surface area contributed by atoms with Gasteiger partial charge in [-0.05, 0) is 17.7 Å². The molecule has 10 heteroatoms. The maximum Gasteiger partial charge on any atom is 0.387 e. The molecule has 27 heavy (non-hydrogen) atoms. The van der Waals surface area contributed by atoms with Crippen LogP contribution in [0.3, 0.4) is 0 Å². The van der Waals surface area contributed by atoms with Gasteiger partial charge in [0.2, 0.25) is 0 Å². The highest BCUT2D eigenvalue weighted by atomic mass is 32.1. The summed E-state index contributed by atoms with van der Waals surface area (Å²) < 4.78 is 34.6. The smallest absolute Gasteiger partial charge is 0.387 e. The van der Waals surface area contributed by atoms with Gasteiger partial charge in [0, 0.05) is 37.8 Å². The number of halogens is 2. The largest absolute Gasteiger partial charge is 0.493 e. The number of guanidine groups is 1. The molecule has 2 N–H and O–H groups in total. The number of nitrogens with zero attached hydrogens (tertiary/aromatic N) is 4. The molecular formula is C17H21F2N5O2S. The van der Waals surface area contributed by atoms with Crippen LogP contribution in [0.5, 0.6) is 11.5 Å². The summed E-state index contributed by atoms with van der Waals surface area (Å²) in [4.78, 5) is 12.9. The van der Waals surface area contributed by atoms with E-state index in [2.05, 4.69) is 19.6 Å². The highest BCUT2D eigenvalue weighted by Gasteiger charge is 2.20. The molecule has 0 bridgehead atoms. The fraction of sp³-hybridized carbons (Fsp3) is 0.412.